The van der Waals surface area contributed by atoms with Crippen molar-refractivity contribution in [2.75, 3.05) is 5.88 Å². The van der Waals surface area contributed by atoms with Gasteiger partial charge in [0.25, 0.3) is 0 Å². The molecule has 0 bridgehead atoms. The highest BCUT2D eigenvalue weighted by Crippen LogP contribution is 2.14. The van der Waals surface area contributed by atoms with E-state index in [-0.39, 0.29) is 5.78 Å². The number of halogens is 2. The molecule has 0 aromatic heterocycles. The van der Waals surface area contributed by atoms with Gasteiger partial charge in [-0.05, 0) is 24.1 Å². The van der Waals surface area contributed by atoms with Crippen LogP contribution in [0.3, 0.4) is 0 Å². The Labute approximate surface area is 94.0 Å². The number of carbonyl (C=O) groups is 1. The molecule has 3 heteroatoms. The van der Waals surface area contributed by atoms with Gasteiger partial charge in [0, 0.05) is 23.7 Å². The summed E-state index contributed by atoms with van der Waals surface area (Å²) in [5.74, 6) is 0.878. The highest BCUT2D eigenvalue weighted by molar-refractivity contribution is 6.19. The van der Waals surface area contributed by atoms with Crippen LogP contribution in [0, 0.1) is 6.92 Å². The van der Waals surface area contributed by atoms with E-state index >= 15 is 0 Å². The number of rotatable bonds is 4. The second-order valence-corrected chi connectivity index (χ2v) is 3.78. The van der Waals surface area contributed by atoms with Crippen LogP contribution in [0.1, 0.15) is 27.9 Å². The van der Waals surface area contributed by atoms with Crippen molar-refractivity contribution in [3.8, 4) is 0 Å². The van der Waals surface area contributed by atoms with Crippen LogP contribution in [-0.4, -0.2) is 11.7 Å². The standard InChI is InChI=1S/C11H12Cl2O/c1-8-2-3-9(6-10(8)7-13)11(14)4-5-12/h2-3,6H,4-5,7H2,1H3. The summed E-state index contributed by atoms with van der Waals surface area (Å²) in [7, 11) is 0. The number of ketones is 1. The molecule has 0 saturated heterocycles. The fourth-order valence-corrected chi connectivity index (χ4v) is 1.68. The van der Waals surface area contributed by atoms with Gasteiger partial charge < -0.3 is 0 Å². The van der Waals surface area contributed by atoms with Gasteiger partial charge in [0.2, 0.25) is 0 Å². The lowest BCUT2D eigenvalue weighted by atomic mass is 10.0. The molecule has 1 rings (SSSR count). The molecule has 0 aliphatic carbocycles. The Balaban J connectivity index is 2.94. The Morgan fingerprint density at radius 1 is 1.36 bits per heavy atom. The normalized spacial score (nSPS) is 10.2. The fraction of sp³-hybridized carbons (Fsp3) is 0.364. The van der Waals surface area contributed by atoms with Crippen LogP contribution >= 0.6 is 23.2 Å². The van der Waals surface area contributed by atoms with Crippen molar-refractivity contribution in [3.63, 3.8) is 0 Å². The summed E-state index contributed by atoms with van der Waals surface area (Å²) in [6.07, 6.45) is 0.381. The molecule has 0 heterocycles. The highest BCUT2D eigenvalue weighted by Gasteiger charge is 2.06. The quantitative estimate of drug-likeness (QED) is 0.572. The van der Waals surface area contributed by atoms with Gasteiger partial charge in [0.15, 0.2) is 5.78 Å². The number of alkyl halides is 2. The molecule has 0 aliphatic heterocycles. The van der Waals surface area contributed by atoms with Gasteiger partial charge in [0.05, 0.1) is 0 Å². The Bertz CT molecular complexity index is 334. The van der Waals surface area contributed by atoms with E-state index in [0.29, 0.717) is 23.7 Å². The van der Waals surface area contributed by atoms with Gasteiger partial charge in [0.1, 0.15) is 0 Å². The van der Waals surface area contributed by atoms with Crippen LogP contribution in [0.25, 0.3) is 0 Å². The summed E-state index contributed by atoms with van der Waals surface area (Å²) in [6.45, 7) is 1.98. The average Bonchev–Trinajstić information content (AvgIpc) is 2.19. The molecular weight excluding hydrogens is 219 g/mol. The molecule has 0 spiro atoms. The summed E-state index contributed by atoms with van der Waals surface area (Å²) < 4.78 is 0. The molecule has 0 amide bonds. The van der Waals surface area contributed by atoms with Gasteiger partial charge in [-0.2, -0.15) is 0 Å². The molecule has 76 valence electrons. The summed E-state index contributed by atoms with van der Waals surface area (Å²) >= 11 is 11.3. The second-order valence-electron chi connectivity index (χ2n) is 3.14. The van der Waals surface area contributed by atoms with Crippen LogP contribution in [0.4, 0.5) is 0 Å². The minimum atomic E-state index is 0.0753. The Morgan fingerprint density at radius 3 is 2.64 bits per heavy atom. The van der Waals surface area contributed by atoms with Gasteiger partial charge in [-0.15, -0.1) is 23.2 Å². The highest BCUT2D eigenvalue weighted by atomic mass is 35.5. The molecular formula is C11H12Cl2O. The van der Waals surface area contributed by atoms with E-state index in [4.69, 9.17) is 23.2 Å². The van der Waals surface area contributed by atoms with E-state index in [9.17, 15) is 4.79 Å². The van der Waals surface area contributed by atoms with Gasteiger partial charge >= 0.3 is 0 Å². The van der Waals surface area contributed by atoms with E-state index in [0.717, 1.165) is 11.1 Å². The molecule has 0 fully saturated rings. The van der Waals surface area contributed by atoms with Crippen molar-refractivity contribution in [1.82, 2.24) is 0 Å². The fourth-order valence-electron chi connectivity index (χ4n) is 1.22. The van der Waals surface area contributed by atoms with Crippen LogP contribution in [-0.2, 0) is 5.88 Å². The van der Waals surface area contributed by atoms with Crippen molar-refractivity contribution in [2.24, 2.45) is 0 Å². The molecule has 0 radical (unpaired) electrons. The Hall–Kier alpha value is -0.530. The van der Waals surface area contributed by atoms with E-state index in [1.807, 2.05) is 25.1 Å². The third-order valence-electron chi connectivity index (χ3n) is 2.14. The lowest BCUT2D eigenvalue weighted by Gasteiger charge is -2.04. The second kappa shape index (κ2) is 5.38. The topological polar surface area (TPSA) is 17.1 Å². The smallest absolute Gasteiger partial charge is 0.164 e. The SMILES string of the molecule is Cc1ccc(C(=O)CCCl)cc1CCl. The van der Waals surface area contributed by atoms with Crippen LogP contribution < -0.4 is 0 Å². The molecule has 1 aromatic carbocycles. The van der Waals surface area contributed by atoms with Crippen LogP contribution in [0.15, 0.2) is 18.2 Å². The van der Waals surface area contributed by atoms with Crippen molar-refractivity contribution in [2.45, 2.75) is 19.2 Å². The van der Waals surface area contributed by atoms with Crippen molar-refractivity contribution < 1.29 is 4.79 Å². The first-order valence-electron chi connectivity index (χ1n) is 4.43. The molecule has 0 atom stereocenters. The largest absolute Gasteiger partial charge is 0.294 e. The number of Topliss-reactive ketones (excluding diaryl/α,β-unsaturated/α-hetero) is 1. The van der Waals surface area contributed by atoms with Gasteiger partial charge in [-0.3, -0.25) is 4.79 Å². The van der Waals surface area contributed by atoms with E-state index < -0.39 is 0 Å². The van der Waals surface area contributed by atoms with Crippen molar-refractivity contribution in [3.05, 3.63) is 34.9 Å². The van der Waals surface area contributed by atoms with E-state index in [2.05, 4.69) is 0 Å². The maximum absolute atomic E-state index is 11.5. The minimum Gasteiger partial charge on any atom is -0.294 e. The molecule has 1 aromatic rings. The number of carbonyl (C=O) groups excluding carboxylic acids is 1. The zero-order chi connectivity index (χ0) is 10.6. The molecule has 0 unspecified atom stereocenters. The number of benzene rings is 1. The minimum absolute atomic E-state index is 0.0753. The monoisotopic (exact) mass is 230 g/mol. The third kappa shape index (κ3) is 2.73. The van der Waals surface area contributed by atoms with E-state index in [1.54, 1.807) is 0 Å². The maximum atomic E-state index is 11.5. The van der Waals surface area contributed by atoms with Gasteiger partial charge in [-0.25, -0.2) is 0 Å². The van der Waals surface area contributed by atoms with Gasteiger partial charge in [-0.1, -0.05) is 12.1 Å². The summed E-state index contributed by atoms with van der Waals surface area (Å²) in [5, 5.41) is 0. The maximum Gasteiger partial charge on any atom is 0.164 e. The summed E-state index contributed by atoms with van der Waals surface area (Å²) in [5.41, 5.74) is 2.82. The Morgan fingerprint density at radius 2 is 2.07 bits per heavy atom. The third-order valence-corrected chi connectivity index (χ3v) is 2.61. The number of hydrogen-bond acceptors (Lipinski definition) is 1. The lowest BCUT2D eigenvalue weighted by molar-refractivity contribution is 0.0989. The average molecular weight is 231 g/mol. The first-order chi connectivity index (χ1) is 6.69. The molecule has 0 N–H and O–H groups in total. The molecule has 1 nitrogen and oxygen atoms in total. The summed E-state index contributed by atoms with van der Waals surface area (Å²) in [6, 6.07) is 5.58. The number of hydrogen-bond donors (Lipinski definition) is 0. The zero-order valence-electron chi connectivity index (χ0n) is 8.02. The zero-order valence-corrected chi connectivity index (χ0v) is 9.53. The Kier molecular flexibility index (Phi) is 4.43. The summed E-state index contributed by atoms with van der Waals surface area (Å²) in [4.78, 5) is 11.5. The van der Waals surface area contributed by atoms with Crippen molar-refractivity contribution >= 4 is 29.0 Å². The first-order valence-corrected chi connectivity index (χ1v) is 5.50. The number of aryl methyl sites for hydroxylation is 1. The molecule has 0 saturated carbocycles. The van der Waals surface area contributed by atoms with E-state index in [1.165, 1.54) is 0 Å². The van der Waals surface area contributed by atoms with Crippen LogP contribution in [0.2, 0.25) is 0 Å². The molecule has 0 aliphatic rings. The lowest BCUT2D eigenvalue weighted by Crippen LogP contribution is -2.01. The van der Waals surface area contributed by atoms with Crippen LogP contribution in [0.5, 0.6) is 0 Å². The molecule has 14 heavy (non-hydrogen) atoms. The predicted molar refractivity (Wildman–Crippen MR) is 60.4 cm³/mol. The van der Waals surface area contributed by atoms with Crippen molar-refractivity contribution in [1.29, 1.82) is 0 Å². The predicted octanol–water partition coefficient (Wildman–Crippen LogP) is 3.55. The first kappa shape index (κ1) is 11.5.